The van der Waals surface area contributed by atoms with Crippen LogP contribution in [0.15, 0.2) is 16.9 Å². The van der Waals surface area contributed by atoms with Gasteiger partial charge in [-0.2, -0.15) is 13.1 Å². The van der Waals surface area contributed by atoms with E-state index in [-0.39, 0.29) is 11.4 Å². The second-order valence-electron chi connectivity index (χ2n) is 9.10. The van der Waals surface area contributed by atoms with Crippen LogP contribution in [-0.2, 0) is 23.4 Å². The Morgan fingerprint density at radius 1 is 0.935 bits per heavy atom. The first-order chi connectivity index (χ1) is 14.8. The van der Waals surface area contributed by atoms with E-state index in [0.29, 0.717) is 31.1 Å². The molecule has 8 heteroatoms. The van der Waals surface area contributed by atoms with Gasteiger partial charge in [-0.3, -0.25) is 4.79 Å². The van der Waals surface area contributed by atoms with Crippen molar-refractivity contribution in [2.75, 3.05) is 6.54 Å². The van der Waals surface area contributed by atoms with E-state index in [1.807, 2.05) is 32.9 Å². The van der Waals surface area contributed by atoms with Gasteiger partial charge >= 0.3 is 10.3 Å². The minimum Gasteiger partial charge on any atom is -0.350 e. The second-order valence-corrected chi connectivity index (χ2v) is 10.5. The van der Waals surface area contributed by atoms with Crippen molar-refractivity contribution in [1.82, 2.24) is 14.1 Å². The van der Waals surface area contributed by atoms with Gasteiger partial charge in [0.2, 0.25) is 5.88 Å². The van der Waals surface area contributed by atoms with Gasteiger partial charge in [-0.15, -0.1) is 0 Å². The predicted octanol–water partition coefficient (Wildman–Crippen LogP) is 3.83. The molecular weight excluding hydrogens is 414 g/mol. The molecule has 0 atom stereocenters. The zero-order chi connectivity index (χ0) is 22.2. The molecule has 1 saturated carbocycles. The molecule has 0 unspecified atom stereocenters. The summed E-state index contributed by atoms with van der Waals surface area (Å²) in [5.74, 6) is 0.481. The molecule has 0 saturated heterocycles. The molecule has 0 amide bonds. The van der Waals surface area contributed by atoms with Crippen LogP contribution in [0.3, 0.4) is 0 Å². The first-order valence-corrected chi connectivity index (χ1v) is 12.8. The maximum absolute atomic E-state index is 13.4. The Balaban J connectivity index is 1.73. The highest BCUT2D eigenvalue weighted by Crippen LogP contribution is 2.35. The summed E-state index contributed by atoms with van der Waals surface area (Å²) in [6, 6.07) is 4.03. The summed E-state index contributed by atoms with van der Waals surface area (Å²) < 4.78 is 37.4. The summed E-state index contributed by atoms with van der Waals surface area (Å²) in [5, 5.41) is 0. The van der Waals surface area contributed by atoms with Gasteiger partial charge in [0.15, 0.2) is 0 Å². The van der Waals surface area contributed by atoms with Gasteiger partial charge in [0.25, 0.3) is 5.56 Å². The fraction of sp³-hybridized carbons (Fsp3) is 0.609. The van der Waals surface area contributed by atoms with Crippen LogP contribution in [0.25, 0.3) is 11.1 Å². The Morgan fingerprint density at radius 3 is 2.19 bits per heavy atom. The number of benzene rings is 1. The smallest absolute Gasteiger partial charge is 0.350 e. The first-order valence-electron chi connectivity index (χ1n) is 11.4. The van der Waals surface area contributed by atoms with Crippen molar-refractivity contribution in [3.05, 3.63) is 39.2 Å². The number of aryl methyl sites for hydroxylation is 3. The molecule has 1 aromatic heterocycles. The Labute approximate surface area is 184 Å². The Kier molecular flexibility index (Phi) is 6.30. The quantitative estimate of drug-likeness (QED) is 0.730. The molecule has 1 fully saturated rings. The number of hydrogen-bond donors (Lipinski definition) is 1. The second kappa shape index (κ2) is 8.82. The van der Waals surface area contributed by atoms with E-state index >= 15 is 0 Å². The average Bonchev–Trinajstić information content (AvgIpc) is 2.99. The van der Waals surface area contributed by atoms with Crippen LogP contribution in [0, 0.1) is 26.7 Å². The Morgan fingerprint density at radius 2 is 1.55 bits per heavy atom. The van der Waals surface area contributed by atoms with Crippen LogP contribution in [-0.4, -0.2) is 24.3 Å². The molecule has 0 spiro atoms. The first kappa shape index (κ1) is 22.1. The molecule has 1 aromatic carbocycles. The van der Waals surface area contributed by atoms with Gasteiger partial charge in [-0.1, -0.05) is 37.0 Å². The normalized spacial score (nSPS) is 17.5. The van der Waals surface area contributed by atoms with E-state index in [0.717, 1.165) is 60.8 Å². The third-order valence-corrected chi connectivity index (χ3v) is 7.46. The summed E-state index contributed by atoms with van der Waals surface area (Å²) >= 11 is 0. The SMILES string of the molecule is Cc1cc(C)c(-c2c(OS(=O)(=O)NCC3CCCCC3)n3n(c2=O)CCCC3)c(C)c1. The molecule has 7 nitrogen and oxygen atoms in total. The Bertz CT molecular complexity index is 1100. The van der Waals surface area contributed by atoms with Gasteiger partial charge in [0, 0.05) is 19.6 Å². The van der Waals surface area contributed by atoms with Crippen molar-refractivity contribution in [2.24, 2.45) is 5.92 Å². The average molecular weight is 448 g/mol. The topological polar surface area (TPSA) is 82.3 Å². The minimum absolute atomic E-state index is 0.135. The summed E-state index contributed by atoms with van der Waals surface area (Å²) in [4.78, 5) is 13.4. The van der Waals surface area contributed by atoms with Crippen molar-refractivity contribution in [2.45, 2.75) is 78.8 Å². The predicted molar refractivity (Wildman–Crippen MR) is 122 cm³/mol. The van der Waals surface area contributed by atoms with Crippen LogP contribution in [0.5, 0.6) is 5.88 Å². The van der Waals surface area contributed by atoms with Gasteiger partial charge in [0.05, 0.1) is 0 Å². The van der Waals surface area contributed by atoms with Crippen LogP contribution >= 0.6 is 0 Å². The molecule has 2 aliphatic rings. The standard InChI is InChI=1S/C23H33N3O4S/c1-16-13-17(2)20(18(3)14-16)21-22(27)25-11-7-8-12-26(25)23(21)30-31(28,29)24-15-19-9-5-4-6-10-19/h13-14,19,24H,4-12,15H2,1-3H3. The van der Waals surface area contributed by atoms with E-state index < -0.39 is 10.3 Å². The summed E-state index contributed by atoms with van der Waals surface area (Å²) in [5.41, 5.74) is 3.91. The van der Waals surface area contributed by atoms with Crippen LogP contribution in [0.2, 0.25) is 0 Å². The number of rotatable bonds is 6. The molecule has 2 heterocycles. The molecule has 1 aliphatic carbocycles. The van der Waals surface area contributed by atoms with E-state index in [1.165, 1.54) is 6.42 Å². The molecule has 2 aromatic rings. The third-order valence-electron chi connectivity index (χ3n) is 6.57. The van der Waals surface area contributed by atoms with Crippen molar-refractivity contribution in [1.29, 1.82) is 0 Å². The molecule has 1 N–H and O–H groups in total. The summed E-state index contributed by atoms with van der Waals surface area (Å²) in [7, 11) is -4.04. The Hall–Kier alpha value is -2.06. The van der Waals surface area contributed by atoms with Gasteiger partial charge in [-0.25, -0.2) is 9.36 Å². The highest BCUT2D eigenvalue weighted by molar-refractivity contribution is 7.85. The monoisotopic (exact) mass is 447 g/mol. The fourth-order valence-electron chi connectivity index (χ4n) is 5.15. The van der Waals surface area contributed by atoms with E-state index in [4.69, 9.17) is 4.18 Å². The summed E-state index contributed by atoms with van der Waals surface area (Å²) in [6.45, 7) is 7.43. The van der Waals surface area contributed by atoms with E-state index in [1.54, 1.807) is 9.36 Å². The molecule has 0 radical (unpaired) electrons. The lowest BCUT2D eigenvalue weighted by Crippen LogP contribution is -2.34. The maximum atomic E-state index is 13.4. The van der Waals surface area contributed by atoms with Gasteiger partial charge in [-0.05, 0) is 69.1 Å². The lowest BCUT2D eigenvalue weighted by molar-refractivity contribution is 0.320. The van der Waals surface area contributed by atoms with Gasteiger partial charge in [0.1, 0.15) is 5.56 Å². The largest absolute Gasteiger partial charge is 0.384 e. The van der Waals surface area contributed by atoms with Crippen LogP contribution in [0.4, 0.5) is 0 Å². The highest BCUT2D eigenvalue weighted by atomic mass is 32.2. The third kappa shape index (κ3) is 4.60. The minimum atomic E-state index is -4.04. The number of nitrogens with zero attached hydrogens (tertiary/aromatic N) is 2. The zero-order valence-corrected chi connectivity index (χ0v) is 19.6. The zero-order valence-electron chi connectivity index (χ0n) is 18.7. The van der Waals surface area contributed by atoms with Gasteiger partial charge < -0.3 is 4.18 Å². The van der Waals surface area contributed by atoms with Crippen molar-refractivity contribution < 1.29 is 12.6 Å². The maximum Gasteiger partial charge on any atom is 0.384 e. The number of nitrogens with one attached hydrogen (secondary N) is 1. The number of aromatic nitrogens is 2. The van der Waals surface area contributed by atoms with Crippen molar-refractivity contribution in [3.63, 3.8) is 0 Å². The molecule has 4 rings (SSSR count). The number of hydrogen-bond acceptors (Lipinski definition) is 4. The summed E-state index contributed by atoms with van der Waals surface area (Å²) in [6.07, 6.45) is 7.36. The van der Waals surface area contributed by atoms with Crippen LogP contribution < -0.4 is 14.5 Å². The van der Waals surface area contributed by atoms with Crippen molar-refractivity contribution in [3.8, 4) is 17.0 Å². The van der Waals surface area contributed by atoms with E-state index in [2.05, 4.69) is 4.72 Å². The number of fused-ring (bicyclic) bond motifs is 1. The van der Waals surface area contributed by atoms with E-state index in [9.17, 15) is 13.2 Å². The van der Waals surface area contributed by atoms with Crippen LogP contribution in [0.1, 0.15) is 61.6 Å². The highest BCUT2D eigenvalue weighted by Gasteiger charge is 2.30. The molecule has 31 heavy (non-hydrogen) atoms. The molecule has 1 aliphatic heterocycles. The molecule has 170 valence electrons. The van der Waals surface area contributed by atoms with Crippen molar-refractivity contribution >= 4 is 10.3 Å². The molecular formula is C23H33N3O4S. The fourth-order valence-corrected chi connectivity index (χ4v) is 6.03. The lowest BCUT2D eigenvalue weighted by Gasteiger charge is -2.22. The lowest BCUT2D eigenvalue weighted by atomic mass is 9.90. The molecule has 0 bridgehead atoms.